The highest BCUT2D eigenvalue weighted by molar-refractivity contribution is 5.71. The summed E-state index contributed by atoms with van der Waals surface area (Å²) in [5.41, 5.74) is 0. The van der Waals surface area contributed by atoms with Gasteiger partial charge in [0.05, 0.1) is 0 Å². The van der Waals surface area contributed by atoms with Gasteiger partial charge in [0.15, 0.2) is 6.10 Å². The highest BCUT2D eigenvalue weighted by atomic mass is 16.6. The Bertz CT molecular complexity index is 1200. The molecule has 0 radical (unpaired) electrons. The predicted octanol–water partition coefficient (Wildman–Crippen LogP) is 18.8. The van der Waals surface area contributed by atoms with Crippen LogP contribution in [0.15, 0.2) is 60.8 Å². The third-order valence-electron chi connectivity index (χ3n) is 12.3. The number of ether oxygens (including phenoxy) is 3. The Labute approximate surface area is 409 Å². The van der Waals surface area contributed by atoms with Crippen molar-refractivity contribution in [3.05, 3.63) is 60.8 Å². The Hall–Kier alpha value is -2.89. The first-order valence-electron chi connectivity index (χ1n) is 28.3. The van der Waals surface area contributed by atoms with Gasteiger partial charge in [-0.05, 0) is 77.0 Å². The molecule has 0 spiro atoms. The van der Waals surface area contributed by atoms with Crippen LogP contribution in [0.3, 0.4) is 0 Å². The third-order valence-corrected chi connectivity index (χ3v) is 12.3. The smallest absolute Gasteiger partial charge is 0.306 e. The van der Waals surface area contributed by atoms with E-state index in [0.717, 1.165) is 89.9 Å². The maximum atomic E-state index is 12.8. The summed E-state index contributed by atoms with van der Waals surface area (Å²) in [6, 6.07) is 0. The van der Waals surface area contributed by atoms with Gasteiger partial charge < -0.3 is 14.2 Å². The second-order valence-electron chi connectivity index (χ2n) is 18.8. The van der Waals surface area contributed by atoms with Gasteiger partial charge in [0.2, 0.25) is 0 Å². The molecule has 1 unspecified atom stereocenters. The molecule has 6 nitrogen and oxygen atoms in total. The van der Waals surface area contributed by atoms with Crippen molar-refractivity contribution in [2.45, 2.75) is 290 Å². The van der Waals surface area contributed by atoms with Gasteiger partial charge in [-0.1, -0.05) is 248 Å². The summed E-state index contributed by atoms with van der Waals surface area (Å²) in [7, 11) is 0. The fourth-order valence-electron chi connectivity index (χ4n) is 8.00. The van der Waals surface area contributed by atoms with Crippen molar-refractivity contribution in [1.29, 1.82) is 0 Å². The van der Waals surface area contributed by atoms with E-state index in [1.807, 2.05) is 0 Å². The topological polar surface area (TPSA) is 78.9 Å². The molecule has 0 saturated carbocycles. The van der Waals surface area contributed by atoms with E-state index < -0.39 is 6.10 Å². The van der Waals surface area contributed by atoms with Crippen LogP contribution in [0.4, 0.5) is 0 Å². The molecular weight excluding hydrogens is 817 g/mol. The van der Waals surface area contributed by atoms with Gasteiger partial charge >= 0.3 is 17.9 Å². The van der Waals surface area contributed by atoms with Gasteiger partial charge in [0, 0.05) is 19.3 Å². The van der Waals surface area contributed by atoms with Gasteiger partial charge in [0.25, 0.3) is 0 Å². The first kappa shape index (κ1) is 63.1. The lowest BCUT2D eigenvalue weighted by atomic mass is 10.0. The Morgan fingerprint density at radius 3 is 0.985 bits per heavy atom. The van der Waals surface area contributed by atoms with Crippen LogP contribution in [0.5, 0.6) is 0 Å². The van der Waals surface area contributed by atoms with E-state index in [1.165, 1.54) is 154 Å². The van der Waals surface area contributed by atoms with E-state index in [4.69, 9.17) is 14.2 Å². The maximum Gasteiger partial charge on any atom is 0.306 e. The third kappa shape index (κ3) is 52.1. The van der Waals surface area contributed by atoms with E-state index in [2.05, 4.69) is 81.5 Å². The lowest BCUT2D eigenvalue weighted by Gasteiger charge is -2.18. The molecule has 0 aliphatic rings. The molecule has 382 valence electrons. The molecule has 66 heavy (non-hydrogen) atoms. The Morgan fingerprint density at radius 1 is 0.318 bits per heavy atom. The first-order chi connectivity index (χ1) is 32.5. The van der Waals surface area contributed by atoms with Crippen molar-refractivity contribution in [2.75, 3.05) is 13.2 Å². The van der Waals surface area contributed by atoms with Gasteiger partial charge in [-0.25, -0.2) is 0 Å². The molecule has 0 aromatic heterocycles. The van der Waals surface area contributed by atoms with Crippen LogP contribution in [-0.4, -0.2) is 37.2 Å². The maximum absolute atomic E-state index is 12.8. The SMILES string of the molecule is CC/C=C\C/C=C\C/C=C\C/C=C\CCCCCCCCCCCCC(=O)OCC(COC(=O)CCCCCCC/C=C\CCCC)OC(=O)CCCCCCCCCCCCCCCC. The second kappa shape index (κ2) is 54.7. The predicted molar refractivity (Wildman–Crippen MR) is 284 cm³/mol. The summed E-state index contributed by atoms with van der Waals surface area (Å²) in [5, 5.41) is 0. The fraction of sp³-hybridized carbons (Fsp3) is 0.783. The fourth-order valence-corrected chi connectivity index (χ4v) is 8.00. The number of allylic oxidation sites excluding steroid dienone is 10. The number of carbonyl (C=O) groups excluding carboxylic acids is 3. The molecule has 0 fully saturated rings. The standard InChI is InChI=1S/C60H106O6/c1-4-7-10-13-16-19-22-24-26-27-28-29-30-31-32-33-34-36-38-41-44-47-50-53-59(62)65-56-57(55-64-58(61)52-49-46-43-40-37-21-18-15-12-9-6-3)66-60(63)54-51-48-45-42-39-35-25-23-20-17-14-11-8-5-2/h7,10,15-16,18-19,24,26,28-29,57H,4-6,8-9,11-14,17,20-23,25,27,30-56H2,1-3H3/b10-7-,18-15-,19-16-,26-24-,29-28-. The number of rotatable bonds is 51. The van der Waals surface area contributed by atoms with Crippen LogP contribution in [0.1, 0.15) is 284 Å². The quantitative estimate of drug-likeness (QED) is 0.0262. The van der Waals surface area contributed by atoms with Crippen molar-refractivity contribution < 1.29 is 28.6 Å². The summed E-state index contributed by atoms with van der Waals surface area (Å²) >= 11 is 0. The summed E-state index contributed by atoms with van der Waals surface area (Å²) in [6.45, 7) is 6.50. The lowest BCUT2D eigenvalue weighted by Crippen LogP contribution is -2.30. The summed E-state index contributed by atoms with van der Waals surface area (Å²) in [4.78, 5) is 38.1. The van der Waals surface area contributed by atoms with Crippen LogP contribution < -0.4 is 0 Å². The van der Waals surface area contributed by atoms with Crippen molar-refractivity contribution in [3.8, 4) is 0 Å². The molecule has 0 N–H and O–H groups in total. The number of carbonyl (C=O) groups is 3. The molecule has 0 aromatic carbocycles. The van der Waals surface area contributed by atoms with Crippen LogP contribution in [0.25, 0.3) is 0 Å². The van der Waals surface area contributed by atoms with Crippen molar-refractivity contribution in [2.24, 2.45) is 0 Å². The largest absolute Gasteiger partial charge is 0.462 e. The molecule has 0 aliphatic carbocycles. The van der Waals surface area contributed by atoms with Crippen LogP contribution >= 0.6 is 0 Å². The normalized spacial score (nSPS) is 12.5. The molecule has 0 aliphatic heterocycles. The van der Waals surface area contributed by atoms with Crippen molar-refractivity contribution in [1.82, 2.24) is 0 Å². The van der Waals surface area contributed by atoms with E-state index in [9.17, 15) is 14.4 Å². The Balaban J connectivity index is 4.27. The van der Waals surface area contributed by atoms with Gasteiger partial charge in [-0.3, -0.25) is 14.4 Å². The molecule has 0 saturated heterocycles. The van der Waals surface area contributed by atoms with Crippen LogP contribution in [0.2, 0.25) is 0 Å². The zero-order valence-corrected chi connectivity index (χ0v) is 43.7. The molecule has 0 heterocycles. The molecule has 0 aromatic rings. The molecule has 0 rings (SSSR count). The Kier molecular flexibility index (Phi) is 52.3. The number of hydrogen-bond donors (Lipinski definition) is 0. The van der Waals surface area contributed by atoms with Crippen molar-refractivity contribution >= 4 is 17.9 Å². The summed E-state index contributed by atoms with van der Waals surface area (Å²) in [5.74, 6) is -0.880. The minimum Gasteiger partial charge on any atom is -0.462 e. The van der Waals surface area contributed by atoms with E-state index in [1.54, 1.807) is 0 Å². The minimum atomic E-state index is -0.776. The van der Waals surface area contributed by atoms with Gasteiger partial charge in [0.1, 0.15) is 13.2 Å². The van der Waals surface area contributed by atoms with Crippen LogP contribution in [-0.2, 0) is 28.6 Å². The molecule has 1 atom stereocenters. The lowest BCUT2D eigenvalue weighted by molar-refractivity contribution is -0.167. The minimum absolute atomic E-state index is 0.0765. The zero-order chi connectivity index (χ0) is 47.9. The number of hydrogen-bond acceptors (Lipinski definition) is 6. The second-order valence-corrected chi connectivity index (χ2v) is 18.8. The van der Waals surface area contributed by atoms with Gasteiger partial charge in [-0.15, -0.1) is 0 Å². The van der Waals surface area contributed by atoms with E-state index >= 15 is 0 Å². The van der Waals surface area contributed by atoms with E-state index in [-0.39, 0.29) is 31.1 Å². The molecule has 0 amide bonds. The average Bonchev–Trinajstić information content (AvgIpc) is 3.31. The highest BCUT2D eigenvalue weighted by Gasteiger charge is 2.19. The number of esters is 3. The summed E-state index contributed by atoms with van der Waals surface area (Å²) < 4.78 is 16.8. The zero-order valence-electron chi connectivity index (χ0n) is 43.7. The number of unbranched alkanes of at least 4 members (excludes halogenated alkanes) is 30. The summed E-state index contributed by atoms with van der Waals surface area (Å²) in [6.07, 6.45) is 67.8. The molecule has 6 heteroatoms. The highest BCUT2D eigenvalue weighted by Crippen LogP contribution is 2.16. The van der Waals surface area contributed by atoms with Crippen LogP contribution in [0, 0.1) is 0 Å². The Morgan fingerprint density at radius 2 is 0.606 bits per heavy atom. The van der Waals surface area contributed by atoms with E-state index in [0.29, 0.717) is 19.3 Å². The average molecular weight is 924 g/mol. The molecule has 0 bridgehead atoms. The monoisotopic (exact) mass is 923 g/mol. The first-order valence-corrected chi connectivity index (χ1v) is 28.3. The molecular formula is C60H106O6. The van der Waals surface area contributed by atoms with Gasteiger partial charge in [-0.2, -0.15) is 0 Å². The van der Waals surface area contributed by atoms with Crippen molar-refractivity contribution in [3.63, 3.8) is 0 Å².